The zero-order valence-corrected chi connectivity index (χ0v) is 10.9. The van der Waals surface area contributed by atoms with Gasteiger partial charge in [0.05, 0.1) is 10.5 Å². The molecule has 5 nitrogen and oxygen atoms in total. The molecule has 0 heterocycles. The molecule has 0 bridgehead atoms. The summed E-state index contributed by atoms with van der Waals surface area (Å²) in [6.45, 7) is 1.70. The first kappa shape index (κ1) is 13.7. The van der Waals surface area contributed by atoms with Gasteiger partial charge in [0.15, 0.2) is 0 Å². The summed E-state index contributed by atoms with van der Waals surface area (Å²) in [5.74, 6) is -0.970. The summed E-state index contributed by atoms with van der Waals surface area (Å²) in [6.07, 6.45) is 0.529. The van der Waals surface area contributed by atoms with Crippen molar-refractivity contribution in [3.8, 4) is 0 Å². The van der Waals surface area contributed by atoms with Crippen LogP contribution < -0.4 is 0 Å². The summed E-state index contributed by atoms with van der Waals surface area (Å²) < 4.78 is 0. The molecular formula is C15H13NO4. The second kappa shape index (κ2) is 5.52. The Morgan fingerprint density at radius 2 is 1.75 bits per heavy atom. The number of carbonyl (C=O) groups is 1. The monoisotopic (exact) mass is 271 g/mol. The summed E-state index contributed by atoms with van der Waals surface area (Å²) in [6, 6.07) is 11.6. The molecule has 0 saturated heterocycles. The molecule has 2 aromatic rings. The van der Waals surface area contributed by atoms with Gasteiger partial charge in [-0.2, -0.15) is 0 Å². The molecule has 0 aliphatic carbocycles. The zero-order valence-electron chi connectivity index (χ0n) is 10.9. The van der Waals surface area contributed by atoms with Crippen molar-refractivity contribution in [2.24, 2.45) is 0 Å². The van der Waals surface area contributed by atoms with Gasteiger partial charge in [-0.1, -0.05) is 24.3 Å². The van der Waals surface area contributed by atoms with Gasteiger partial charge in [0, 0.05) is 11.6 Å². The first-order chi connectivity index (χ1) is 9.47. The highest BCUT2D eigenvalue weighted by Crippen LogP contribution is 2.21. The van der Waals surface area contributed by atoms with Gasteiger partial charge in [0.1, 0.15) is 0 Å². The van der Waals surface area contributed by atoms with Crippen LogP contribution in [0, 0.1) is 17.0 Å². The molecule has 0 atom stereocenters. The molecule has 5 heteroatoms. The predicted molar refractivity (Wildman–Crippen MR) is 74.0 cm³/mol. The number of aryl methyl sites for hydroxylation is 1. The van der Waals surface area contributed by atoms with Crippen molar-refractivity contribution in [3.05, 3.63) is 74.8 Å². The Morgan fingerprint density at radius 3 is 2.30 bits per heavy atom. The smallest absolute Gasteiger partial charge is 0.335 e. The van der Waals surface area contributed by atoms with Gasteiger partial charge >= 0.3 is 5.97 Å². The molecule has 0 radical (unpaired) electrons. The summed E-state index contributed by atoms with van der Waals surface area (Å²) in [4.78, 5) is 21.2. The van der Waals surface area contributed by atoms with E-state index in [1.54, 1.807) is 31.2 Å². The number of nitro benzene ring substituents is 1. The average molecular weight is 271 g/mol. The largest absolute Gasteiger partial charge is 0.478 e. The lowest BCUT2D eigenvalue weighted by Gasteiger charge is -2.04. The van der Waals surface area contributed by atoms with E-state index in [4.69, 9.17) is 5.11 Å². The molecule has 0 aliphatic rings. The van der Waals surface area contributed by atoms with Crippen molar-refractivity contribution in [2.75, 3.05) is 0 Å². The molecule has 1 N–H and O–H groups in total. The van der Waals surface area contributed by atoms with Crippen LogP contribution in [0.3, 0.4) is 0 Å². The highest BCUT2D eigenvalue weighted by molar-refractivity contribution is 5.87. The molecule has 2 rings (SSSR count). The number of carboxylic acid groups (broad SMARTS) is 1. The lowest BCUT2D eigenvalue weighted by atomic mass is 10.0. The van der Waals surface area contributed by atoms with Crippen molar-refractivity contribution in [2.45, 2.75) is 13.3 Å². The summed E-state index contributed by atoms with van der Waals surface area (Å²) in [5.41, 5.74) is 2.69. The Morgan fingerprint density at radius 1 is 1.15 bits per heavy atom. The number of nitro groups is 1. The van der Waals surface area contributed by atoms with Gasteiger partial charge in [-0.15, -0.1) is 0 Å². The van der Waals surface area contributed by atoms with Crippen LogP contribution in [-0.2, 0) is 6.42 Å². The summed E-state index contributed by atoms with van der Waals surface area (Å²) in [5, 5.41) is 19.7. The first-order valence-corrected chi connectivity index (χ1v) is 6.03. The van der Waals surface area contributed by atoms with Crippen molar-refractivity contribution in [3.63, 3.8) is 0 Å². The number of aromatic carboxylic acids is 1. The van der Waals surface area contributed by atoms with Crippen molar-refractivity contribution >= 4 is 11.7 Å². The number of hydrogen-bond donors (Lipinski definition) is 1. The normalized spacial score (nSPS) is 10.2. The molecule has 0 amide bonds. The van der Waals surface area contributed by atoms with Gasteiger partial charge in [-0.3, -0.25) is 10.1 Å². The van der Waals surface area contributed by atoms with Crippen LogP contribution in [0.4, 0.5) is 5.69 Å². The van der Waals surface area contributed by atoms with Crippen molar-refractivity contribution < 1.29 is 14.8 Å². The van der Waals surface area contributed by atoms with Crippen LogP contribution in [0.25, 0.3) is 0 Å². The fraction of sp³-hybridized carbons (Fsp3) is 0.133. The third-order valence-corrected chi connectivity index (χ3v) is 3.08. The number of rotatable bonds is 4. The lowest BCUT2D eigenvalue weighted by Crippen LogP contribution is -1.97. The van der Waals surface area contributed by atoms with E-state index >= 15 is 0 Å². The van der Waals surface area contributed by atoms with Crippen LogP contribution in [0.5, 0.6) is 0 Å². The number of hydrogen-bond acceptors (Lipinski definition) is 3. The highest BCUT2D eigenvalue weighted by atomic mass is 16.6. The standard InChI is InChI=1S/C15H13NO4/c1-10-2-3-12(9-14(10)16(19)20)8-11-4-6-13(7-5-11)15(17)18/h2-7,9H,8H2,1H3,(H,17,18). The molecular weight excluding hydrogens is 258 g/mol. The molecule has 0 unspecified atom stereocenters. The topological polar surface area (TPSA) is 80.4 Å². The van der Waals surface area contributed by atoms with Gasteiger partial charge in [0.25, 0.3) is 5.69 Å². The number of benzene rings is 2. The van der Waals surface area contributed by atoms with E-state index in [0.29, 0.717) is 12.0 Å². The SMILES string of the molecule is Cc1ccc(Cc2ccc(C(=O)O)cc2)cc1[N+](=O)[O-]. The average Bonchev–Trinajstić information content (AvgIpc) is 2.41. The van der Waals surface area contributed by atoms with E-state index in [1.165, 1.54) is 12.1 Å². The highest BCUT2D eigenvalue weighted by Gasteiger charge is 2.11. The van der Waals surface area contributed by atoms with E-state index < -0.39 is 10.9 Å². The maximum Gasteiger partial charge on any atom is 0.335 e. The lowest BCUT2D eigenvalue weighted by molar-refractivity contribution is -0.385. The Balaban J connectivity index is 2.23. The third kappa shape index (κ3) is 3.00. The van der Waals surface area contributed by atoms with Crippen molar-refractivity contribution in [1.29, 1.82) is 0 Å². The molecule has 0 spiro atoms. The van der Waals surface area contributed by atoms with E-state index in [2.05, 4.69) is 0 Å². The summed E-state index contributed by atoms with van der Waals surface area (Å²) >= 11 is 0. The van der Waals surface area contributed by atoms with Crippen LogP contribution >= 0.6 is 0 Å². The minimum absolute atomic E-state index is 0.102. The molecule has 20 heavy (non-hydrogen) atoms. The van der Waals surface area contributed by atoms with Crippen LogP contribution in [0.1, 0.15) is 27.0 Å². The Hall–Kier alpha value is -2.69. The Labute approximate surface area is 115 Å². The minimum atomic E-state index is -0.970. The molecule has 0 aliphatic heterocycles. The zero-order chi connectivity index (χ0) is 14.7. The van der Waals surface area contributed by atoms with E-state index in [1.807, 2.05) is 6.07 Å². The van der Waals surface area contributed by atoms with Gasteiger partial charge < -0.3 is 5.11 Å². The molecule has 0 aromatic heterocycles. The first-order valence-electron chi connectivity index (χ1n) is 6.03. The van der Waals surface area contributed by atoms with Crippen molar-refractivity contribution in [1.82, 2.24) is 0 Å². The molecule has 2 aromatic carbocycles. The Kier molecular flexibility index (Phi) is 3.79. The summed E-state index contributed by atoms with van der Waals surface area (Å²) in [7, 11) is 0. The number of nitrogens with zero attached hydrogens (tertiary/aromatic N) is 1. The van der Waals surface area contributed by atoms with Gasteiger partial charge in [-0.05, 0) is 36.6 Å². The Bertz CT molecular complexity index is 662. The van der Waals surface area contributed by atoms with Crippen LogP contribution in [0.2, 0.25) is 0 Å². The second-order valence-electron chi connectivity index (χ2n) is 4.56. The fourth-order valence-electron chi connectivity index (χ4n) is 1.96. The van der Waals surface area contributed by atoms with Crippen LogP contribution in [0.15, 0.2) is 42.5 Å². The third-order valence-electron chi connectivity index (χ3n) is 3.08. The van der Waals surface area contributed by atoms with E-state index in [9.17, 15) is 14.9 Å². The minimum Gasteiger partial charge on any atom is -0.478 e. The second-order valence-corrected chi connectivity index (χ2v) is 4.56. The van der Waals surface area contributed by atoms with Crippen LogP contribution in [-0.4, -0.2) is 16.0 Å². The number of carboxylic acids is 1. The fourth-order valence-corrected chi connectivity index (χ4v) is 1.96. The quantitative estimate of drug-likeness (QED) is 0.684. The van der Waals surface area contributed by atoms with E-state index in [-0.39, 0.29) is 11.3 Å². The molecule has 0 fully saturated rings. The molecule has 102 valence electrons. The van der Waals surface area contributed by atoms with Gasteiger partial charge in [-0.25, -0.2) is 4.79 Å². The van der Waals surface area contributed by atoms with Gasteiger partial charge in [0.2, 0.25) is 0 Å². The van der Waals surface area contributed by atoms with E-state index in [0.717, 1.165) is 11.1 Å². The maximum atomic E-state index is 10.9. The molecule has 0 saturated carbocycles. The maximum absolute atomic E-state index is 10.9. The predicted octanol–water partition coefficient (Wildman–Crippen LogP) is 3.19.